The first kappa shape index (κ1) is 13.1. The van der Waals surface area contributed by atoms with E-state index in [1.807, 2.05) is 0 Å². The van der Waals surface area contributed by atoms with E-state index in [0.717, 1.165) is 0 Å². The molecular formula is C15H13N3O3. The molecule has 2 aromatic heterocycles. The van der Waals surface area contributed by atoms with Crippen LogP contribution in [0.3, 0.4) is 0 Å². The van der Waals surface area contributed by atoms with Crippen molar-refractivity contribution in [3.63, 3.8) is 0 Å². The van der Waals surface area contributed by atoms with Crippen molar-refractivity contribution in [3.05, 3.63) is 64.5 Å². The van der Waals surface area contributed by atoms with E-state index < -0.39 is 0 Å². The molecule has 106 valence electrons. The average molecular weight is 283 g/mol. The van der Waals surface area contributed by atoms with Crippen molar-refractivity contribution in [1.29, 1.82) is 0 Å². The molecule has 1 N–H and O–H groups in total. The van der Waals surface area contributed by atoms with Gasteiger partial charge in [0.05, 0.1) is 11.9 Å². The minimum Gasteiger partial charge on any atom is -0.451 e. The summed E-state index contributed by atoms with van der Waals surface area (Å²) < 4.78 is 5.52. The van der Waals surface area contributed by atoms with Crippen LogP contribution in [0.5, 0.6) is 0 Å². The van der Waals surface area contributed by atoms with Crippen LogP contribution in [0.2, 0.25) is 0 Å². The highest BCUT2D eigenvalue weighted by Crippen LogP contribution is 2.13. The Hall–Kier alpha value is -2.89. The molecule has 3 rings (SSSR count). The van der Waals surface area contributed by atoms with Crippen molar-refractivity contribution in [1.82, 2.24) is 14.9 Å². The molecule has 0 bridgehead atoms. The van der Waals surface area contributed by atoms with E-state index in [1.54, 1.807) is 43.7 Å². The zero-order valence-corrected chi connectivity index (χ0v) is 11.4. The topological polar surface area (TPSA) is 79.2 Å². The van der Waals surface area contributed by atoms with Gasteiger partial charge in [0.25, 0.3) is 5.91 Å². The van der Waals surface area contributed by atoms with Crippen molar-refractivity contribution in [3.8, 4) is 0 Å². The molecule has 1 amide bonds. The second-order valence-electron chi connectivity index (χ2n) is 4.67. The Labute approximate surface area is 120 Å². The number of hydrogen-bond donors (Lipinski definition) is 1. The Morgan fingerprint density at radius 2 is 2.19 bits per heavy atom. The number of fused-ring (bicyclic) bond motifs is 1. The van der Waals surface area contributed by atoms with Gasteiger partial charge >= 0.3 is 0 Å². The molecule has 2 heterocycles. The van der Waals surface area contributed by atoms with Gasteiger partial charge in [-0.15, -0.1) is 0 Å². The predicted molar refractivity (Wildman–Crippen MR) is 76.9 cm³/mol. The number of amides is 1. The highest BCUT2D eigenvalue weighted by molar-refractivity contribution is 5.92. The Kier molecular flexibility index (Phi) is 3.27. The van der Waals surface area contributed by atoms with E-state index in [1.165, 1.54) is 11.0 Å². The summed E-state index contributed by atoms with van der Waals surface area (Å²) in [4.78, 5) is 32.7. The van der Waals surface area contributed by atoms with Crippen LogP contribution in [0.4, 0.5) is 0 Å². The first-order valence-corrected chi connectivity index (χ1v) is 6.42. The van der Waals surface area contributed by atoms with Gasteiger partial charge in [-0.1, -0.05) is 12.1 Å². The number of hydrogen-bond acceptors (Lipinski definition) is 4. The summed E-state index contributed by atoms with van der Waals surface area (Å²) in [6.07, 6.45) is 3.30. The quantitative estimate of drug-likeness (QED) is 0.794. The lowest BCUT2D eigenvalue weighted by atomic mass is 10.2. The van der Waals surface area contributed by atoms with Crippen molar-refractivity contribution >= 4 is 16.9 Å². The molecule has 0 unspecified atom stereocenters. The summed E-state index contributed by atoms with van der Waals surface area (Å²) in [5.74, 6) is 0.316. The Morgan fingerprint density at radius 1 is 1.38 bits per heavy atom. The molecule has 0 aliphatic heterocycles. The second-order valence-corrected chi connectivity index (χ2v) is 4.67. The van der Waals surface area contributed by atoms with Crippen LogP contribution < -0.4 is 5.43 Å². The Bertz CT molecular complexity index is 837. The fourth-order valence-electron chi connectivity index (χ4n) is 2.08. The van der Waals surface area contributed by atoms with E-state index in [2.05, 4.69) is 9.97 Å². The van der Waals surface area contributed by atoms with Gasteiger partial charge in [-0.3, -0.25) is 9.59 Å². The normalized spacial score (nSPS) is 10.7. The van der Waals surface area contributed by atoms with Crippen molar-refractivity contribution < 1.29 is 9.21 Å². The van der Waals surface area contributed by atoms with Crippen LogP contribution in [-0.2, 0) is 6.54 Å². The van der Waals surface area contributed by atoms with Gasteiger partial charge < -0.3 is 14.3 Å². The molecule has 0 spiro atoms. The third-order valence-electron chi connectivity index (χ3n) is 3.13. The number of para-hydroxylation sites is 1. The number of H-pyrrole nitrogens is 1. The lowest BCUT2D eigenvalue weighted by Crippen LogP contribution is -2.27. The molecule has 3 aromatic rings. The average Bonchev–Trinajstić information content (AvgIpc) is 2.99. The molecule has 0 fully saturated rings. The van der Waals surface area contributed by atoms with Gasteiger partial charge in [0.15, 0.2) is 11.2 Å². The first-order valence-electron chi connectivity index (χ1n) is 6.42. The summed E-state index contributed by atoms with van der Waals surface area (Å²) in [7, 11) is 1.63. The number of aromatic nitrogens is 2. The number of rotatable bonds is 3. The van der Waals surface area contributed by atoms with E-state index >= 15 is 0 Å². The fraction of sp³-hybridized carbons (Fsp3) is 0.133. The molecule has 6 heteroatoms. The lowest BCUT2D eigenvalue weighted by molar-refractivity contribution is 0.0751. The second kappa shape index (κ2) is 5.24. The molecule has 0 aliphatic carbocycles. The standard InChI is InChI=1S/C15H13N3O3/c1-18(9-14-16-6-7-17-14)15(20)13-8-11(19)10-4-2-3-5-12(10)21-13/h2-8H,9H2,1H3,(H,16,17). The summed E-state index contributed by atoms with van der Waals surface area (Å²) in [5.41, 5.74) is 0.173. The molecule has 0 saturated carbocycles. The summed E-state index contributed by atoms with van der Waals surface area (Å²) >= 11 is 0. The number of benzene rings is 1. The van der Waals surface area contributed by atoms with Gasteiger partial charge in [0.2, 0.25) is 0 Å². The minimum atomic E-state index is -0.366. The number of nitrogens with one attached hydrogen (secondary N) is 1. The summed E-state index contributed by atoms with van der Waals surface area (Å²) in [6, 6.07) is 8.07. The van der Waals surface area contributed by atoms with Crippen LogP contribution >= 0.6 is 0 Å². The maximum Gasteiger partial charge on any atom is 0.289 e. The molecule has 1 aromatic carbocycles. The number of nitrogens with zero attached hydrogens (tertiary/aromatic N) is 2. The van der Waals surface area contributed by atoms with Gasteiger partial charge in [0.1, 0.15) is 11.4 Å². The predicted octanol–water partition coefficient (Wildman–Crippen LogP) is 1.79. The number of carbonyl (C=O) groups excluding carboxylic acids is 1. The zero-order valence-electron chi connectivity index (χ0n) is 11.4. The van der Waals surface area contributed by atoms with Crippen LogP contribution in [0, 0.1) is 0 Å². The van der Waals surface area contributed by atoms with Gasteiger partial charge in [-0.2, -0.15) is 0 Å². The Balaban J connectivity index is 1.92. The lowest BCUT2D eigenvalue weighted by Gasteiger charge is -2.14. The van der Waals surface area contributed by atoms with E-state index in [9.17, 15) is 9.59 Å². The molecule has 6 nitrogen and oxygen atoms in total. The van der Waals surface area contributed by atoms with Gasteiger partial charge in [0, 0.05) is 25.5 Å². The maximum absolute atomic E-state index is 12.3. The first-order chi connectivity index (χ1) is 10.1. The molecule has 0 saturated heterocycles. The summed E-state index contributed by atoms with van der Waals surface area (Å²) in [5, 5.41) is 0.461. The molecule has 0 atom stereocenters. The van der Waals surface area contributed by atoms with E-state index in [4.69, 9.17) is 4.42 Å². The van der Waals surface area contributed by atoms with E-state index in [-0.39, 0.29) is 17.1 Å². The molecule has 21 heavy (non-hydrogen) atoms. The van der Waals surface area contributed by atoms with Gasteiger partial charge in [-0.25, -0.2) is 4.98 Å². The van der Waals surface area contributed by atoms with Crippen molar-refractivity contribution in [2.24, 2.45) is 0 Å². The van der Waals surface area contributed by atoms with Crippen LogP contribution in [0.15, 0.2) is 51.9 Å². The number of carbonyl (C=O) groups is 1. The van der Waals surface area contributed by atoms with Gasteiger partial charge in [-0.05, 0) is 12.1 Å². The van der Waals surface area contributed by atoms with Crippen LogP contribution in [0.25, 0.3) is 11.0 Å². The molecule has 0 aliphatic rings. The zero-order chi connectivity index (χ0) is 14.8. The van der Waals surface area contributed by atoms with Crippen LogP contribution in [0.1, 0.15) is 16.4 Å². The smallest absolute Gasteiger partial charge is 0.289 e. The third-order valence-corrected chi connectivity index (χ3v) is 3.13. The van der Waals surface area contributed by atoms with Crippen molar-refractivity contribution in [2.75, 3.05) is 7.05 Å². The van der Waals surface area contributed by atoms with E-state index in [0.29, 0.717) is 23.3 Å². The fourth-order valence-corrected chi connectivity index (χ4v) is 2.08. The maximum atomic E-state index is 12.3. The highest BCUT2D eigenvalue weighted by Gasteiger charge is 2.17. The number of imidazole rings is 1. The highest BCUT2D eigenvalue weighted by atomic mass is 16.3. The van der Waals surface area contributed by atoms with Crippen molar-refractivity contribution in [2.45, 2.75) is 6.54 Å². The third kappa shape index (κ3) is 2.55. The SMILES string of the molecule is CN(Cc1ncc[nH]1)C(=O)c1cc(=O)c2ccccc2o1. The Morgan fingerprint density at radius 3 is 2.95 bits per heavy atom. The molecule has 0 radical (unpaired) electrons. The minimum absolute atomic E-state index is 0.0211. The molecular weight excluding hydrogens is 270 g/mol. The summed E-state index contributed by atoms with van der Waals surface area (Å²) in [6.45, 7) is 0.308. The van der Waals surface area contributed by atoms with Crippen LogP contribution in [-0.4, -0.2) is 27.8 Å². The largest absolute Gasteiger partial charge is 0.451 e. The monoisotopic (exact) mass is 283 g/mol. The number of aromatic amines is 1.